The first-order valence-electron chi connectivity index (χ1n) is 4.30. The van der Waals surface area contributed by atoms with Crippen molar-refractivity contribution in [1.82, 2.24) is 4.90 Å². The molecule has 1 atom stereocenters. The van der Waals surface area contributed by atoms with Crippen molar-refractivity contribution < 1.29 is 14.3 Å². The summed E-state index contributed by atoms with van der Waals surface area (Å²) in [5.41, 5.74) is 0. The largest absolute Gasteiger partial charge is 0.465 e. The van der Waals surface area contributed by atoms with Gasteiger partial charge in [-0.25, -0.2) is 0 Å². The summed E-state index contributed by atoms with van der Waals surface area (Å²) in [6.07, 6.45) is 0. The fourth-order valence-electron chi connectivity index (χ4n) is 0.924. The fraction of sp³-hybridized carbons (Fsp3) is 0.667. The molecule has 80 valence electrons. The molecule has 0 aromatic carbocycles. The lowest BCUT2D eigenvalue weighted by atomic mass is 10.1. The molecular weight excluding hydrogens is 202 g/mol. The van der Waals surface area contributed by atoms with E-state index in [0.717, 1.165) is 0 Å². The van der Waals surface area contributed by atoms with Crippen LogP contribution in [0.25, 0.3) is 0 Å². The van der Waals surface area contributed by atoms with Gasteiger partial charge < -0.3 is 9.64 Å². The molecule has 0 aliphatic heterocycles. The van der Waals surface area contributed by atoms with Crippen molar-refractivity contribution in [1.29, 1.82) is 0 Å². The lowest BCUT2D eigenvalue weighted by Crippen LogP contribution is -2.38. The number of hydrogen-bond acceptors (Lipinski definition) is 4. The van der Waals surface area contributed by atoms with E-state index in [4.69, 9.17) is 17.0 Å². The van der Waals surface area contributed by atoms with Crippen molar-refractivity contribution >= 4 is 29.0 Å². The monoisotopic (exact) mass is 217 g/mol. The Bertz CT molecular complexity index is 250. The predicted molar refractivity (Wildman–Crippen MR) is 57.1 cm³/mol. The molecule has 0 radical (unpaired) electrons. The van der Waals surface area contributed by atoms with Crippen LogP contribution in [0.5, 0.6) is 0 Å². The maximum Gasteiger partial charge on any atom is 0.323 e. The molecule has 0 heterocycles. The summed E-state index contributed by atoms with van der Waals surface area (Å²) in [4.78, 5) is 24.4. The van der Waals surface area contributed by atoms with E-state index in [1.165, 1.54) is 6.92 Å². The molecule has 0 spiro atoms. The number of nitrogens with zero attached hydrogens (tertiary/aromatic N) is 1. The standard InChI is InChI=1S/C9H15NO3S/c1-5-13-9(12)7(6(2)11)8(14)10(3)4/h7H,5H2,1-4H3. The third-order valence-corrected chi connectivity index (χ3v) is 2.22. The van der Waals surface area contributed by atoms with Gasteiger partial charge in [0.05, 0.1) is 11.6 Å². The molecule has 0 saturated heterocycles. The van der Waals surface area contributed by atoms with Gasteiger partial charge in [-0.2, -0.15) is 0 Å². The van der Waals surface area contributed by atoms with Crippen molar-refractivity contribution in [3.05, 3.63) is 0 Å². The van der Waals surface area contributed by atoms with E-state index >= 15 is 0 Å². The fourth-order valence-corrected chi connectivity index (χ4v) is 1.19. The Labute approximate surface area is 89.2 Å². The van der Waals surface area contributed by atoms with Crippen LogP contribution in [0.3, 0.4) is 0 Å². The normalized spacial score (nSPS) is 11.7. The van der Waals surface area contributed by atoms with Gasteiger partial charge in [0.2, 0.25) is 0 Å². The van der Waals surface area contributed by atoms with Gasteiger partial charge in [0.25, 0.3) is 0 Å². The van der Waals surface area contributed by atoms with Gasteiger partial charge in [-0.15, -0.1) is 0 Å². The third-order valence-electron chi connectivity index (χ3n) is 1.62. The summed E-state index contributed by atoms with van der Waals surface area (Å²) in [7, 11) is 3.38. The SMILES string of the molecule is CCOC(=O)C(C(C)=O)C(=S)N(C)C. The number of Topliss-reactive ketones (excluding diaryl/α,β-unsaturated/α-hetero) is 1. The Morgan fingerprint density at radius 2 is 1.93 bits per heavy atom. The van der Waals surface area contributed by atoms with Gasteiger partial charge in [0.15, 0.2) is 11.7 Å². The summed E-state index contributed by atoms with van der Waals surface area (Å²) in [5, 5.41) is 0. The molecule has 0 amide bonds. The van der Waals surface area contributed by atoms with Crippen molar-refractivity contribution in [2.45, 2.75) is 13.8 Å². The van der Waals surface area contributed by atoms with E-state index in [2.05, 4.69) is 0 Å². The molecule has 0 aromatic heterocycles. The Balaban J connectivity index is 4.69. The van der Waals surface area contributed by atoms with Crippen LogP contribution in [-0.2, 0) is 14.3 Å². The van der Waals surface area contributed by atoms with Crippen LogP contribution < -0.4 is 0 Å². The first-order valence-corrected chi connectivity index (χ1v) is 4.70. The van der Waals surface area contributed by atoms with Crippen LogP contribution in [0.4, 0.5) is 0 Å². The average molecular weight is 217 g/mol. The molecule has 0 fully saturated rings. The van der Waals surface area contributed by atoms with Crippen LogP contribution in [0.1, 0.15) is 13.8 Å². The summed E-state index contributed by atoms with van der Waals surface area (Å²) >= 11 is 4.97. The van der Waals surface area contributed by atoms with Crippen LogP contribution in [-0.4, -0.2) is 42.3 Å². The zero-order valence-electron chi connectivity index (χ0n) is 8.86. The highest BCUT2D eigenvalue weighted by molar-refractivity contribution is 7.80. The number of hydrogen-bond donors (Lipinski definition) is 0. The molecule has 5 heteroatoms. The lowest BCUT2D eigenvalue weighted by Gasteiger charge is -2.19. The third kappa shape index (κ3) is 3.41. The van der Waals surface area contributed by atoms with Crippen LogP contribution >= 0.6 is 12.2 Å². The lowest BCUT2D eigenvalue weighted by molar-refractivity contribution is -0.148. The van der Waals surface area contributed by atoms with E-state index in [1.807, 2.05) is 0 Å². The van der Waals surface area contributed by atoms with E-state index < -0.39 is 11.9 Å². The zero-order chi connectivity index (χ0) is 11.3. The topological polar surface area (TPSA) is 46.6 Å². The van der Waals surface area contributed by atoms with E-state index in [-0.39, 0.29) is 17.4 Å². The highest BCUT2D eigenvalue weighted by Crippen LogP contribution is 2.07. The molecule has 0 bridgehead atoms. The quantitative estimate of drug-likeness (QED) is 0.393. The highest BCUT2D eigenvalue weighted by Gasteiger charge is 2.30. The molecule has 0 N–H and O–H groups in total. The first-order chi connectivity index (χ1) is 6.41. The maximum atomic E-state index is 11.4. The van der Waals surface area contributed by atoms with Crippen LogP contribution in [0, 0.1) is 5.92 Å². The van der Waals surface area contributed by atoms with E-state index in [9.17, 15) is 9.59 Å². The Morgan fingerprint density at radius 3 is 2.21 bits per heavy atom. The highest BCUT2D eigenvalue weighted by atomic mass is 32.1. The number of carbonyl (C=O) groups is 2. The van der Waals surface area contributed by atoms with Crippen molar-refractivity contribution in [3.8, 4) is 0 Å². The second-order valence-electron chi connectivity index (χ2n) is 3.03. The molecule has 0 rings (SSSR count). The second kappa shape index (κ2) is 5.70. The van der Waals surface area contributed by atoms with Crippen molar-refractivity contribution in [3.63, 3.8) is 0 Å². The molecule has 1 unspecified atom stereocenters. The minimum absolute atomic E-state index is 0.249. The van der Waals surface area contributed by atoms with Gasteiger partial charge in [-0.3, -0.25) is 9.59 Å². The Kier molecular flexibility index (Phi) is 5.30. The first kappa shape index (κ1) is 13.0. The van der Waals surface area contributed by atoms with Crippen molar-refractivity contribution in [2.24, 2.45) is 5.92 Å². The number of ketones is 1. The van der Waals surface area contributed by atoms with Gasteiger partial charge >= 0.3 is 5.97 Å². The summed E-state index contributed by atoms with van der Waals surface area (Å²) in [6, 6.07) is 0. The summed E-state index contributed by atoms with van der Waals surface area (Å²) in [5.74, 6) is -1.80. The summed E-state index contributed by atoms with van der Waals surface area (Å²) < 4.78 is 4.76. The van der Waals surface area contributed by atoms with Gasteiger partial charge in [0.1, 0.15) is 0 Å². The van der Waals surface area contributed by atoms with E-state index in [1.54, 1.807) is 25.9 Å². The number of thiocarbonyl (C=S) groups is 1. The van der Waals surface area contributed by atoms with Crippen LogP contribution in [0.15, 0.2) is 0 Å². The maximum absolute atomic E-state index is 11.4. The number of ether oxygens (including phenoxy) is 1. The molecule has 0 saturated carbocycles. The van der Waals surface area contributed by atoms with Crippen LogP contribution in [0.2, 0.25) is 0 Å². The minimum atomic E-state index is -0.944. The minimum Gasteiger partial charge on any atom is -0.465 e. The molecule has 14 heavy (non-hydrogen) atoms. The molecule has 0 aliphatic rings. The second-order valence-corrected chi connectivity index (χ2v) is 3.45. The Morgan fingerprint density at radius 1 is 1.43 bits per heavy atom. The Hall–Kier alpha value is -0.970. The average Bonchev–Trinajstić information content (AvgIpc) is 2.03. The number of carbonyl (C=O) groups excluding carboxylic acids is 2. The van der Waals surface area contributed by atoms with E-state index in [0.29, 0.717) is 0 Å². The molecule has 0 aromatic rings. The number of esters is 1. The predicted octanol–water partition coefficient (Wildman–Crippen LogP) is 0.644. The molecule has 4 nitrogen and oxygen atoms in total. The van der Waals surface area contributed by atoms with Gasteiger partial charge in [-0.05, 0) is 13.8 Å². The smallest absolute Gasteiger partial charge is 0.323 e. The molecule has 0 aliphatic carbocycles. The summed E-state index contributed by atoms with van der Waals surface area (Å²) in [6.45, 7) is 3.27. The molecular formula is C9H15NO3S. The van der Waals surface area contributed by atoms with Gasteiger partial charge in [-0.1, -0.05) is 12.2 Å². The number of rotatable bonds is 4. The zero-order valence-corrected chi connectivity index (χ0v) is 9.68. The van der Waals surface area contributed by atoms with Gasteiger partial charge in [0, 0.05) is 14.1 Å². The van der Waals surface area contributed by atoms with Crippen molar-refractivity contribution in [2.75, 3.05) is 20.7 Å².